The highest BCUT2D eigenvalue weighted by Crippen LogP contribution is 2.36. The van der Waals surface area contributed by atoms with Crippen LogP contribution in [0.3, 0.4) is 0 Å². The number of aromatic nitrogens is 1. The van der Waals surface area contributed by atoms with E-state index in [1.165, 1.54) is 23.5 Å². The second kappa shape index (κ2) is 7.70. The average molecular weight is 427 g/mol. The molecule has 4 rings (SSSR count). The lowest BCUT2D eigenvalue weighted by molar-refractivity contribution is 0.0699. The van der Waals surface area contributed by atoms with Crippen LogP contribution in [0.2, 0.25) is 0 Å². The number of nitrogens with one attached hydrogen (secondary N) is 1. The van der Waals surface area contributed by atoms with Gasteiger partial charge in [-0.2, -0.15) is 0 Å². The molecule has 0 saturated heterocycles. The molecular weight excluding hydrogens is 413 g/mol. The lowest BCUT2D eigenvalue weighted by atomic mass is 10.0. The number of rotatable bonds is 5. The number of carbonyl (C=O) groups is 2. The van der Waals surface area contributed by atoms with Gasteiger partial charge in [0.05, 0.1) is 10.2 Å². The molecule has 0 saturated carbocycles. The van der Waals surface area contributed by atoms with Gasteiger partial charge in [-0.05, 0) is 23.8 Å². The number of hydrogen-bond donors (Lipinski definition) is 3. The fraction of sp³-hybridized carbons (Fsp3) is 0.0500. The van der Waals surface area contributed by atoms with Crippen LogP contribution in [0, 0.1) is 5.82 Å². The zero-order valence-corrected chi connectivity index (χ0v) is 16.4. The van der Waals surface area contributed by atoms with Crippen LogP contribution in [0.5, 0.6) is 0 Å². The Morgan fingerprint density at radius 3 is 2.69 bits per heavy atom. The van der Waals surface area contributed by atoms with Crippen LogP contribution < -0.4 is 11.1 Å². The number of thiazole rings is 1. The van der Waals surface area contributed by atoms with Gasteiger partial charge >= 0.3 is 5.97 Å². The van der Waals surface area contributed by atoms with Gasteiger partial charge in [0.15, 0.2) is 5.01 Å². The van der Waals surface area contributed by atoms with Crippen LogP contribution in [0.15, 0.2) is 47.8 Å². The second-order valence-corrected chi connectivity index (χ2v) is 8.02. The molecule has 146 valence electrons. The van der Waals surface area contributed by atoms with E-state index in [4.69, 9.17) is 5.73 Å². The summed E-state index contributed by atoms with van der Waals surface area (Å²) in [6, 6.07) is 11.7. The second-order valence-electron chi connectivity index (χ2n) is 6.11. The zero-order valence-electron chi connectivity index (χ0n) is 14.8. The summed E-state index contributed by atoms with van der Waals surface area (Å²) in [7, 11) is 0. The van der Waals surface area contributed by atoms with E-state index in [9.17, 15) is 19.1 Å². The molecule has 4 aromatic rings. The third kappa shape index (κ3) is 3.63. The molecule has 2 aromatic carbocycles. The number of halogens is 1. The van der Waals surface area contributed by atoms with E-state index in [1.807, 2.05) is 18.2 Å². The number of carboxylic acid groups (broad SMARTS) is 1. The Kier molecular flexibility index (Phi) is 5.10. The Morgan fingerprint density at radius 1 is 1.21 bits per heavy atom. The quantitative estimate of drug-likeness (QED) is 0.433. The predicted octanol–water partition coefficient (Wildman–Crippen LogP) is 4.57. The van der Waals surface area contributed by atoms with Crippen molar-refractivity contribution in [3.8, 4) is 11.1 Å². The van der Waals surface area contributed by atoms with E-state index >= 15 is 0 Å². The average Bonchev–Trinajstić information content (AvgIpc) is 3.32. The molecule has 0 atom stereocenters. The van der Waals surface area contributed by atoms with Crippen molar-refractivity contribution in [1.82, 2.24) is 4.98 Å². The Morgan fingerprint density at radius 2 is 2.00 bits per heavy atom. The van der Waals surface area contributed by atoms with E-state index in [2.05, 4.69) is 10.3 Å². The summed E-state index contributed by atoms with van der Waals surface area (Å²) in [4.78, 5) is 28.8. The largest absolute Gasteiger partial charge is 0.478 e. The number of thiophene rings is 1. The summed E-state index contributed by atoms with van der Waals surface area (Å²) in [5.41, 5.74) is 7.14. The molecule has 0 aliphatic heterocycles. The standard InChI is InChI=1S/C20H14FN3O3S2/c21-13-7-10(5-6-11(13)8-22)12-9-28-18(16(12)20(26)27)24-17(25)19-23-14-3-1-2-4-15(14)29-19/h1-7,9H,8,22H2,(H,24,25)(H,26,27). The minimum atomic E-state index is -1.22. The Bertz CT molecular complexity index is 1220. The van der Waals surface area contributed by atoms with Crippen LogP contribution in [-0.4, -0.2) is 22.0 Å². The molecule has 2 heterocycles. The summed E-state index contributed by atoms with van der Waals surface area (Å²) in [5.74, 6) is -2.22. The Balaban J connectivity index is 1.68. The van der Waals surface area contributed by atoms with Crippen molar-refractivity contribution in [3.05, 3.63) is 69.8 Å². The minimum absolute atomic E-state index is 0.0466. The van der Waals surface area contributed by atoms with Gasteiger partial charge < -0.3 is 16.2 Å². The first-order valence-electron chi connectivity index (χ1n) is 8.48. The Hall–Kier alpha value is -3.14. The first-order valence-corrected chi connectivity index (χ1v) is 10.2. The first-order chi connectivity index (χ1) is 14.0. The molecular formula is C20H14FN3O3S2. The van der Waals surface area contributed by atoms with Crippen molar-refractivity contribution in [2.24, 2.45) is 5.73 Å². The molecule has 0 radical (unpaired) electrons. The lowest BCUT2D eigenvalue weighted by Gasteiger charge is -2.06. The number of para-hydroxylation sites is 1. The number of carboxylic acids is 1. The number of nitrogens with zero attached hydrogens (tertiary/aromatic N) is 1. The van der Waals surface area contributed by atoms with Gasteiger partial charge in [-0.1, -0.05) is 24.3 Å². The minimum Gasteiger partial charge on any atom is -0.478 e. The van der Waals surface area contributed by atoms with Crippen molar-refractivity contribution >= 4 is 49.8 Å². The van der Waals surface area contributed by atoms with E-state index in [0.29, 0.717) is 22.2 Å². The van der Waals surface area contributed by atoms with Gasteiger partial charge in [-0.3, -0.25) is 4.79 Å². The topological polar surface area (TPSA) is 105 Å². The molecule has 0 fully saturated rings. The fourth-order valence-electron chi connectivity index (χ4n) is 2.88. The predicted molar refractivity (Wildman–Crippen MR) is 112 cm³/mol. The fourth-order valence-corrected chi connectivity index (χ4v) is 4.70. The van der Waals surface area contributed by atoms with E-state index in [1.54, 1.807) is 17.5 Å². The maximum atomic E-state index is 14.1. The van der Waals surface area contributed by atoms with E-state index in [-0.39, 0.29) is 22.1 Å². The zero-order chi connectivity index (χ0) is 20.5. The van der Waals surface area contributed by atoms with Crippen LogP contribution in [0.4, 0.5) is 9.39 Å². The SMILES string of the molecule is NCc1ccc(-c2csc(NC(=O)c3nc4ccccc4s3)c2C(=O)O)cc1F. The van der Waals surface area contributed by atoms with Gasteiger partial charge in [0.1, 0.15) is 16.4 Å². The van der Waals surface area contributed by atoms with Gasteiger partial charge in [-0.25, -0.2) is 14.2 Å². The van der Waals surface area contributed by atoms with Crippen molar-refractivity contribution < 1.29 is 19.1 Å². The van der Waals surface area contributed by atoms with E-state index in [0.717, 1.165) is 16.0 Å². The number of carbonyl (C=O) groups excluding carboxylic acids is 1. The van der Waals surface area contributed by atoms with Crippen molar-refractivity contribution in [1.29, 1.82) is 0 Å². The third-order valence-electron chi connectivity index (χ3n) is 4.30. The summed E-state index contributed by atoms with van der Waals surface area (Å²) in [6.07, 6.45) is 0. The molecule has 0 unspecified atom stereocenters. The molecule has 1 amide bonds. The molecule has 0 bridgehead atoms. The highest BCUT2D eigenvalue weighted by Gasteiger charge is 2.23. The maximum Gasteiger partial charge on any atom is 0.339 e. The van der Waals surface area contributed by atoms with Crippen LogP contribution in [-0.2, 0) is 6.54 Å². The van der Waals surface area contributed by atoms with Crippen molar-refractivity contribution in [3.63, 3.8) is 0 Å². The summed E-state index contributed by atoms with van der Waals surface area (Å²) >= 11 is 2.28. The number of fused-ring (bicyclic) bond motifs is 1. The summed E-state index contributed by atoms with van der Waals surface area (Å²) in [6.45, 7) is 0.0466. The molecule has 4 N–H and O–H groups in total. The molecule has 0 spiro atoms. The number of aromatic carboxylic acids is 1. The van der Waals surface area contributed by atoms with Gasteiger partial charge in [0.2, 0.25) is 0 Å². The highest BCUT2D eigenvalue weighted by molar-refractivity contribution is 7.20. The first kappa shape index (κ1) is 19.2. The summed E-state index contributed by atoms with van der Waals surface area (Å²) in [5, 5.41) is 14.3. The van der Waals surface area contributed by atoms with Gasteiger partial charge in [0, 0.05) is 23.1 Å². The Labute approximate surface area is 172 Å². The van der Waals surface area contributed by atoms with E-state index < -0.39 is 17.7 Å². The number of amides is 1. The van der Waals surface area contributed by atoms with Gasteiger partial charge in [-0.15, -0.1) is 22.7 Å². The normalized spacial score (nSPS) is 11.0. The highest BCUT2D eigenvalue weighted by atomic mass is 32.1. The van der Waals surface area contributed by atoms with Gasteiger partial charge in [0.25, 0.3) is 5.91 Å². The van der Waals surface area contributed by atoms with Crippen molar-refractivity contribution in [2.45, 2.75) is 6.54 Å². The number of nitrogens with two attached hydrogens (primary N) is 1. The number of hydrogen-bond acceptors (Lipinski definition) is 6. The molecule has 9 heteroatoms. The van der Waals surface area contributed by atoms with Crippen LogP contribution in [0.25, 0.3) is 21.3 Å². The van der Waals surface area contributed by atoms with Crippen molar-refractivity contribution in [2.75, 3.05) is 5.32 Å². The molecule has 0 aliphatic rings. The number of benzene rings is 2. The molecule has 0 aliphatic carbocycles. The van der Waals surface area contributed by atoms with Crippen LogP contribution in [0.1, 0.15) is 25.7 Å². The molecule has 29 heavy (non-hydrogen) atoms. The molecule has 6 nitrogen and oxygen atoms in total. The smallest absolute Gasteiger partial charge is 0.339 e. The van der Waals surface area contributed by atoms with Crippen LogP contribution >= 0.6 is 22.7 Å². The lowest BCUT2D eigenvalue weighted by Crippen LogP contribution is -2.13. The third-order valence-corrected chi connectivity index (χ3v) is 6.23. The summed E-state index contributed by atoms with van der Waals surface area (Å²) < 4.78 is 15.0. The monoisotopic (exact) mass is 427 g/mol. The molecule has 2 aromatic heterocycles. The maximum absolute atomic E-state index is 14.1. The number of anilines is 1.